The van der Waals surface area contributed by atoms with Crippen LogP contribution < -0.4 is 0 Å². The maximum Gasteiger partial charge on any atom is 0.134 e. The molecule has 2 rings (SSSR count). The SMILES string of the molecule is CCCC(Cc1cc2ccccc2o1)N(C)CCC. The summed E-state index contributed by atoms with van der Waals surface area (Å²) in [6.07, 6.45) is 4.67. The first kappa shape index (κ1) is 14.1. The largest absolute Gasteiger partial charge is 0.461 e. The molecule has 1 aromatic heterocycles. The van der Waals surface area contributed by atoms with Crippen molar-refractivity contribution in [2.45, 2.75) is 45.6 Å². The third kappa shape index (κ3) is 3.60. The third-order valence-electron chi connectivity index (χ3n) is 3.73. The van der Waals surface area contributed by atoms with Crippen LogP contribution in [0.4, 0.5) is 0 Å². The Bertz CT molecular complexity index is 470. The number of para-hydroxylation sites is 1. The number of fused-ring (bicyclic) bond motifs is 1. The summed E-state index contributed by atoms with van der Waals surface area (Å²) in [6.45, 7) is 5.65. The number of benzene rings is 1. The molecule has 0 spiro atoms. The van der Waals surface area contributed by atoms with Gasteiger partial charge in [0.05, 0.1) is 0 Å². The first-order valence-corrected chi connectivity index (χ1v) is 7.42. The van der Waals surface area contributed by atoms with Crippen molar-refractivity contribution in [1.82, 2.24) is 4.90 Å². The fourth-order valence-electron chi connectivity index (χ4n) is 2.72. The van der Waals surface area contributed by atoms with E-state index in [0.29, 0.717) is 6.04 Å². The van der Waals surface area contributed by atoms with Gasteiger partial charge in [-0.05, 0) is 38.6 Å². The van der Waals surface area contributed by atoms with Crippen LogP contribution >= 0.6 is 0 Å². The monoisotopic (exact) mass is 259 g/mol. The summed E-state index contributed by atoms with van der Waals surface area (Å²) in [7, 11) is 2.23. The first-order chi connectivity index (χ1) is 9.24. The van der Waals surface area contributed by atoms with Crippen molar-refractivity contribution in [3.05, 3.63) is 36.1 Å². The van der Waals surface area contributed by atoms with Crippen LogP contribution in [-0.4, -0.2) is 24.5 Å². The number of rotatable bonds is 7. The van der Waals surface area contributed by atoms with Crippen LogP contribution in [-0.2, 0) is 6.42 Å². The zero-order valence-electron chi connectivity index (χ0n) is 12.4. The lowest BCUT2D eigenvalue weighted by Gasteiger charge is -2.26. The molecule has 1 atom stereocenters. The quantitative estimate of drug-likeness (QED) is 0.728. The highest BCUT2D eigenvalue weighted by Gasteiger charge is 2.16. The predicted octanol–water partition coefficient (Wildman–Crippen LogP) is 4.49. The summed E-state index contributed by atoms with van der Waals surface area (Å²) < 4.78 is 5.95. The highest BCUT2D eigenvalue weighted by Crippen LogP contribution is 2.22. The maximum atomic E-state index is 5.95. The highest BCUT2D eigenvalue weighted by atomic mass is 16.3. The smallest absolute Gasteiger partial charge is 0.134 e. The van der Waals surface area contributed by atoms with Gasteiger partial charge >= 0.3 is 0 Å². The fraction of sp³-hybridized carbons (Fsp3) is 0.529. The molecule has 19 heavy (non-hydrogen) atoms. The van der Waals surface area contributed by atoms with Gasteiger partial charge in [-0.15, -0.1) is 0 Å². The lowest BCUT2D eigenvalue weighted by atomic mass is 10.0. The summed E-state index contributed by atoms with van der Waals surface area (Å²) in [5.41, 5.74) is 1.01. The summed E-state index contributed by atoms with van der Waals surface area (Å²) >= 11 is 0. The average molecular weight is 259 g/mol. The molecular weight excluding hydrogens is 234 g/mol. The normalized spacial score (nSPS) is 13.3. The van der Waals surface area contributed by atoms with Crippen LogP contribution in [0.2, 0.25) is 0 Å². The van der Waals surface area contributed by atoms with Crippen LogP contribution in [0.15, 0.2) is 34.7 Å². The van der Waals surface area contributed by atoms with E-state index < -0.39 is 0 Å². The van der Waals surface area contributed by atoms with Gasteiger partial charge < -0.3 is 9.32 Å². The van der Waals surface area contributed by atoms with E-state index >= 15 is 0 Å². The van der Waals surface area contributed by atoms with Gasteiger partial charge in [0.2, 0.25) is 0 Å². The Labute approximate surface area is 116 Å². The van der Waals surface area contributed by atoms with Crippen molar-refractivity contribution in [3.8, 4) is 0 Å². The Kier molecular flexibility index (Phi) is 5.03. The van der Waals surface area contributed by atoms with Crippen molar-refractivity contribution < 1.29 is 4.42 Å². The molecule has 2 heteroatoms. The molecule has 2 aromatic rings. The van der Waals surface area contributed by atoms with E-state index in [1.54, 1.807) is 0 Å². The molecule has 0 amide bonds. The number of furan rings is 1. The van der Waals surface area contributed by atoms with E-state index in [9.17, 15) is 0 Å². The van der Waals surface area contributed by atoms with Crippen LogP contribution in [0.5, 0.6) is 0 Å². The molecule has 0 fully saturated rings. The van der Waals surface area contributed by atoms with Gasteiger partial charge in [0.25, 0.3) is 0 Å². The van der Waals surface area contributed by atoms with Crippen LogP contribution in [0.25, 0.3) is 11.0 Å². The second-order valence-electron chi connectivity index (χ2n) is 5.38. The summed E-state index contributed by atoms with van der Waals surface area (Å²) in [4.78, 5) is 2.47. The van der Waals surface area contributed by atoms with E-state index in [1.807, 2.05) is 12.1 Å². The molecule has 1 unspecified atom stereocenters. The van der Waals surface area contributed by atoms with Crippen molar-refractivity contribution in [1.29, 1.82) is 0 Å². The van der Waals surface area contributed by atoms with E-state index in [1.165, 1.54) is 24.6 Å². The van der Waals surface area contributed by atoms with E-state index in [-0.39, 0.29) is 0 Å². The van der Waals surface area contributed by atoms with E-state index in [0.717, 1.165) is 24.3 Å². The number of likely N-dealkylation sites (N-methyl/N-ethyl adjacent to an activating group) is 1. The zero-order chi connectivity index (χ0) is 13.7. The minimum atomic E-state index is 0.588. The van der Waals surface area contributed by atoms with Gasteiger partial charge in [0.1, 0.15) is 11.3 Å². The van der Waals surface area contributed by atoms with E-state index in [2.05, 4.69) is 44.0 Å². The van der Waals surface area contributed by atoms with Gasteiger partial charge in [0, 0.05) is 17.8 Å². The van der Waals surface area contributed by atoms with Crippen LogP contribution in [0.3, 0.4) is 0 Å². The lowest BCUT2D eigenvalue weighted by molar-refractivity contribution is 0.220. The molecule has 0 N–H and O–H groups in total. The Hall–Kier alpha value is -1.28. The molecule has 0 aliphatic carbocycles. The molecular formula is C17H25NO. The van der Waals surface area contributed by atoms with Gasteiger partial charge in [-0.2, -0.15) is 0 Å². The Morgan fingerprint density at radius 2 is 1.95 bits per heavy atom. The molecule has 0 radical (unpaired) electrons. The van der Waals surface area contributed by atoms with E-state index in [4.69, 9.17) is 4.42 Å². The third-order valence-corrected chi connectivity index (χ3v) is 3.73. The first-order valence-electron chi connectivity index (χ1n) is 7.42. The Balaban J connectivity index is 2.11. The lowest BCUT2D eigenvalue weighted by Crippen LogP contribution is -2.33. The Morgan fingerprint density at radius 1 is 1.16 bits per heavy atom. The molecule has 0 saturated carbocycles. The standard InChI is InChI=1S/C17H25NO/c1-4-8-15(18(3)11-5-2)13-16-12-14-9-6-7-10-17(14)19-16/h6-7,9-10,12,15H,4-5,8,11,13H2,1-3H3. The number of hydrogen-bond acceptors (Lipinski definition) is 2. The molecule has 104 valence electrons. The summed E-state index contributed by atoms with van der Waals surface area (Å²) in [6, 6.07) is 11.0. The zero-order valence-corrected chi connectivity index (χ0v) is 12.4. The Morgan fingerprint density at radius 3 is 2.63 bits per heavy atom. The summed E-state index contributed by atoms with van der Waals surface area (Å²) in [5, 5.41) is 1.21. The second kappa shape index (κ2) is 6.76. The van der Waals surface area contributed by atoms with Crippen LogP contribution in [0, 0.1) is 0 Å². The number of hydrogen-bond donors (Lipinski definition) is 0. The van der Waals surface area contributed by atoms with Crippen molar-refractivity contribution >= 4 is 11.0 Å². The topological polar surface area (TPSA) is 16.4 Å². The minimum Gasteiger partial charge on any atom is -0.461 e. The second-order valence-corrected chi connectivity index (χ2v) is 5.38. The molecule has 2 nitrogen and oxygen atoms in total. The number of nitrogens with zero attached hydrogens (tertiary/aromatic N) is 1. The van der Waals surface area contributed by atoms with Crippen molar-refractivity contribution in [2.24, 2.45) is 0 Å². The molecule has 1 heterocycles. The van der Waals surface area contributed by atoms with Gasteiger partial charge in [-0.25, -0.2) is 0 Å². The highest BCUT2D eigenvalue weighted by molar-refractivity contribution is 5.77. The van der Waals surface area contributed by atoms with Gasteiger partial charge in [0.15, 0.2) is 0 Å². The average Bonchev–Trinajstić information content (AvgIpc) is 2.80. The minimum absolute atomic E-state index is 0.588. The van der Waals surface area contributed by atoms with Crippen molar-refractivity contribution in [3.63, 3.8) is 0 Å². The molecule has 0 aliphatic rings. The maximum absolute atomic E-state index is 5.95. The van der Waals surface area contributed by atoms with Gasteiger partial charge in [-0.3, -0.25) is 0 Å². The predicted molar refractivity (Wildman–Crippen MR) is 81.5 cm³/mol. The van der Waals surface area contributed by atoms with Gasteiger partial charge in [-0.1, -0.05) is 38.5 Å². The molecule has 1 aromatic carbocycles. The molecule has 0 saturated heterocycles. The van der Waals surface area contributed by atoms with Crippen molar-refractivity contribution in [2.75, 3.05) is 13.6 Å². The molecule has 0 aliphatic heterocycles. The summed E-state index contributed by atoms with van der Waals surface area (Å²) in [5.74, 6) is 1.11. The van der Waals surface area contributed by atoms with Crippen LogP contribution in [0.1, 0.15) is 38.9 Å². The molecule has 0 bridgehead atoms. The fourth-order valence-corrected chi connectivity index (χ4v) is 2.72.